The van der Waals surface area contributed by atoms with Gasteiger partial charge in [-0.15, -0.1) is 0 Å². The van der Waals surface area contributed by atoms with Crippen LogP contribution in [-0.4, -0.2) is 24.3 Å². The summed E-state index contributed by atoms with van der Waals surface area (Å²) in [7, 11) is 0. The highest BCUT2D eigenvalue weighted by Crippen LogP contribution is 2.44. The first-order valence-corrected chi connectivity index (χ1v) is 7.87. The van der Waals surface area contributed by atoms with E-state index in [4.69, 9.17) is 9.47 Å². The Morgan fingerprint density at radius 1 is 1.35 bits per heavy atom. The maximum atomic E-state index is 11.1. The maximum Gasteiger partial charge on any atom is 0.303 e. The van der Waals surface area contributed by atoms with E-state index >= 15 is 0 Å². The van der Waals surface area contributed by atoms with E-state index in [0.29, 0.717) is 12.3 Å². The zero-order valence-corrected chi connectivity index (χ0v) is 12.4. The minimum absolute atomic E-state index is 0.0655. The number of carbonyl (C=O) groups is 1. The van der Waals surface area contributed by atoms with Crippen LogP contribution in [0.2, 0.25) is 0 Å². The van der Waals surface area contributed by atoms with Crippen LogP contribution in [0.25, 0.3) is 0 Å². The summed E-state index contributed by atoms with van der Waals surface area (Å²) < 4.78 is 11.4. The summed E-state index contributed by atoms with van der Waals surface area (Å²) in [4.78, 5) is 11.1. The van der Waals surface area contributed by atoms with Gasteiger partial charge in [0.1, 0.15) is 6.07 Å². The van der Waals surface area contributed by atoms with Crippen molar-refractivity contribution in [2.75, 3.05) is 6.61 Å². The molecule has 0 aromatic rings. The summed E-state index contributed by atoms with van der Waals surface area (Å²) in [6, 6.07) is 2.12. The molecule has 2 fully saturated rings. The summed E-state index contributed by atoms with van der Waals surface area (Å²) in [5.41, 5.74) is -0.0655. The molecule has 0 bridgehead atoms. The predicted octanol–water partition coefficient (Wildman–Crippen LogP) is 3.35. The van der Waals surface area contributed by atoms with E-state index in [1.54, 1.807) is 0 Å². The topological polar surface area (TPSA) is 59.3 Å². The van der Waals surface area contributed by atoms with E-state index in [1.165, 1.54) is 32.6 Å². The first-order chi connectivity index (χ1) is 9.66. The third-order valence-electron chi connectivity index (χ3n) is 4.73. The Labute approximate surface area is 121 Å². The molecule has 1 heterocycles. The average molecular weight is 279 g/mol. The molecule has 0 aromatic heterocycles. The second kappa shape index (κ2) is 7.08. The van der Waals surface area contributed by atoms with Crippen LogP contribution in [0.1, 0.15) is 64.7 Å². The lowest BCUT2D eigenvalue weighted by atomic mass is 9.70. The van der Waals surface area contributed by atoms with Gasteiger partial charge in [0, 0.05) is 20.0 Å². The van der Waals surface area contributed by atoms with E-state index in [-0.39, 0.29) is 11.6 Å². The van der Waals surface area contributed by atoms with Crippen molar-refractivity contribution in [3.63, 3.8) is 0 Å². The zero-order valence-electron chi connectivity index (χ0n) is 12.4. The van der Waals surface area contributed by atoms with Gasteiger partial charge in [-0.1, -0.05) is 25.7 Å². The van der Waals surface area contributed by atoms with Gasteiger partial charge in [-0.25, -0.2) is 0 Å². The second-order valence-electron chi connectivity index (χ2n) is 6.13. The van der Waals surface area contributed by atoms with E-state index in [0.717, 1.165) is 32.3 Å². The molecular weight excluding hydrogens is 254 g/mol. The third-order valence-corrected chi connectivity index (χ3v) is 4.73. The minimum Gasteiger partial charge on any atom is -0.447 e. The molecule has 2 aliphatic rings. The van der Waals surface area contributed by atoms with Crippen LogP contribution in [0.15, 0.2) is 0 Å². The van der Waals surface area contributed by atoms with Crippen molar-refractivity contribution in [1.29, 1.82) is 5.26 Å². The number of nitriles is 1. The van der Waals surface area contributed by atoms with Crippen LogP contribution < -0.4 is 0 Å². The number of rotatable bonds is 3. The molecule has 112 valence electrons. The lowest BCUT2D eigenvalue weighted by molar-refractivity contribution is -0.148. The summed E-state index contributed by atoms with van der Waals surface area (Å²) >= 11 is 0. The van der Waals surface area contributed by atoms with Crippen molar-refractivity contribution in [3.05, 3.63) is 0 Å². The van der Waals surface area contributed by atoms with Crippen LogP contribution in [0.5, 0.6) is 0 Å². The quantitative estimate of drug-likeness (QED) is 0.743. The summed E-state index contributed by atoms with van der Waals surface area (Å²) in [6.45, 7) is 2.20. The lowest BCUT2D eigenvalue weighted by Gasteiger charge is -2.44. The largest absolute Gasteiger partial charge is 0.447 e. The van der Waals surface area contributed by atoms with E-state index in [1.807, 2.05) is 0 Å². The van der Waals surface area contributed by atoms with Gasteiger partial charge >= 0.3 is 5.97 Å². The third kappa shape index (κ3) is 3.73. The lowest BCUT2D eigenvalue weighted by Crippen LogP contribution is -2.44. The smallest absolute Gasteiger partial charge is 0.303 e. The first-order valence-electron chi connectivity index (χ1n) is 7.87. The number of esters is 1. The molecule has 1 aliphatic heterocycles. The monoisotopic (exact) mass is 279 g/mol. The number of hydrogen-bond acceptors (Lipinski definition) is 4. The number of nitrogens with zero attached hydrogens (tertiary/aromatic N) is 1. The standard InChI is InChI=1S/C16H25NO3/c1-13(18)20-15(12-17)11-14-7-3-5-9-16(14)8-4-2-6-10-19-16/h14-15H,2-11H2,1H3. The molecule has 1 saturated carbocycles. The van der Waals surface area contributed by atoms with Gasteiger partial charge in [0.15, 0.2) is 6.10 Å². The van der Waals surface area contributed by atoms with Crippen LogP contribution >= 0.6 is 0 Å². The summed E-state index contributed by atoms with van der Waals surface area (Å²) in [5.74, 6) is -0.0263. The maximum absolute atomic E-state index is 11.1. The van der Waals surface area contributed by atoms with Gasteiger partial charge in [-0.3, -0.25) is 4.79 Å². The molecule has 0 radical (unpaired) electrons. The Kier molecular flexibility index (Phi) is 5.42. The molecular formula is C16H25NO3. The van der Waals surface area contributed by atoms with Gasteiger partial charge in [-0.05, 0) is 31.6 Å². The van der Waals surface area contributed by atoms with Crippen molar-refractivity contribution < 1.29 is 14.3 Å². The molecule has 0 N–H and O–H groups in total. The van der Waals surface area contributed by atoms with Crippen LogP contribution in [-0.2, 0) is 14.3 Å². The molecule has 4 nitrogen and oxygen atoms in total. The molecule has 1 spiro atoms. The van der Waals surface area contributed by atoms with Crippen LogP contribution in [0, 0.1) is 17.2 Å². The average Bonchev–Trinajstić information content (AvgIpc) is 2.66. The van der Waals surface area contributed by atoms with Gasteiger partial charge in [0.2, 0.25) is 0 Å². The summed E-state index contributed by atoms with van der Waals surface area (Å²) in [5, 5.41) is 9.18. The van der Waals surface area contributed by atoms with Gasteiger partial charge in [0.25, 0.3) is 0 Å². The SMILES string of the molecule is CC(=O)OC(C#N)CC1CCCCC12CCCCCO2. The molecule has 4 heteroatoms. The molecule has 1 saturated heterocycles. The van der Waals surface area contributed by atoms with Crippen molar-refractivity contribution in [2.24, 2.45) is 5.92 Å². The van der Waals surface area contributed by atoms with Gasteiger partial charge < -0.3 is 9.47 Å². The minimum atomic E-state index is -0.626. The molecule has 3 unspecified atom stereocenters. The number of ether oxygens (including phenoxy) is 2. The van der Waals surface area contributed by atoms with Crippen LogP contribution in [0.3, 0.4) is 0 Å². The molecule has 0 amide bonds. The molecule has 2 rings (SSSR count). The zero-order chi connectivity index (χ0) is 14.4. The Bertz CT molecular complexity index is 366. The summed E-state index contributed by atoms with van der Waals surface area (Å²) in [6.07, 6.45) is 9.25. The first kappa shape index (κ1) is 15.3. The number of carbonyl (C=O) groups excluding carboxylic acids is 1. The Morgan fingerprint density at radius 3 is 2.80 bits per heavy atom. The van der Waals surface area contributed by atoms with Crippen molar-refractivity contribution in [1.82, 2.24) is 0 Å². The fourth-order valence-corrected chi connectivity index (χ4v) is 3.77. The van der Waals surface area contributed by atoms with E-state index < -0.39 is 6.10 Å². The normalized spacial score (nSPS) is 32.1. The van der Waals surface area contributed by atoms with Gasteiger partial charge in [-0.2, -0.15) is 5.26 Å². The number of hydrogen-bond donors (Lipinski definition) is 0. The van der Waals surface area contributed by atoms with Crippen molar-refractivity contribution in [3.8, 4) is 6.07 Å². The van der Waals surface area contributed by atoms with E-state index in [9.17, 15) is 10.1 Å². The van der Waals surface area contributed by atoms with Crippen molar-refractivity contribution in [2.45, 2.75) is 76.4 Å². The highest BCUT2D eigenvalue weighted by atomic mass is 16.5. The van der Waals surface area contributed by atoms with Crippen molar-refractivity contribution >= 4 is 5.97 Å². The van der Waals surface area contributed by atoms with Crippen LogP contribution in [0.4, 0.5) is 0 Å². The second-order valence-corrected chi connectivity index (χ2v) is 6.13. The fourth-order valence-electron chi connectivity index (χ4n) is 3.77. The molecule has 20 heavy (non-hydrogen) atoms. The Morgan fingerprint density at radius 2 is 2.10 bits per heavy atom. The van der Waals surface area contributed by atoms with Gasteiger partial charge in [0.05, 0.1) is 5.60 Å². The molecule has 1 aliphatic carbocycles. The van der Waals surface area contributed by atoms with E-state index in [2.05, 4.69) is 6.07 Å². The highest BCUT2D eigenvalue weighted by molar-refractivity contribution is 5.66. The fraction of sp³-hybridized carbons (Fsp3) is 0.875. The molecule has 0 aromatic carbocycles. The Balaban J connectivity index is 2.05. The Hall–Kier alpha value is -1.08. The predicted molar refractivity (Wildman–Crippen MR) is 74.9 cm³/mol. The molecule has 3 atom stereocenters. The highest BCUT2D eigenvalue weighted by Gasteiger charge is 2.43.